The van der Waals surface area contributed by atoms with Crippen LogP contribution < -0.4 is 11.1 Å². The maximum atomic E-state index is 5.31. The molecule has 15 heavy (non-hydrogen) atoms. The SMILES string of the molecule is C=NN(/C=C(\C)C[NH2+]C)CCOCCN. The molecule has 0 bridgehead atoms. The first kappa shape index (κ1) is 14.1. The van der Waals surface area contributed by atoms with E-state index in [0.717, 1.165) is 6.54 Å². The third-order valence-corrected chi connectivity index (χ3v) is 1.80. The number of nitrogens with zero attached hydrogens (tertiary/aromatic N) is 2. The van der Waals surface area contributed by atoms with Crippen LogP contribution in [0.3, 0.4) is 0 Å². The number of quaternary nitrogens is 1. The Bertz CT molecular complexity index is 194. The molecule has 0 heterocycles. The Labute approximate surface area is 92.0 Å². The van der Waals surface area contributed by atoms with Crippen molar-refractivity contribution in [1.82, 2.24) is 5.01 Å². The summed E-state index contributed by atoms with van der Waals surface area (Å²) in [7, 11) is 2.04. The summed E-state index contributed by atoms with van der Waals surface area (Å²) in [5.41, 5.74) is 6.56. The molecule has 4 N–H and O–H groups in total. The maximum Gasteiger partial charge on any atom is 0.0985 e. The Morgan fingerprint density at radius 2 is 2.33 bits per heavy atom. The van der Waals surface area contributed by atoms with Crippen molar-refractivity contribution >= 4 is 6.72 Å². The molecule has 0 aliphatic heterocycles. The molecule has 0 aliphatic rings. The lowest BCUT2D eigenvalue weighted by Crippen LogP contribution is -2.80. The molecule has 0 fully saturated rings. The van der Waals surface area contributed by atoms with E-state index >= 15 is 0 Å². The fourth-order valence-electron chi connectivity index (χ4n) is 1.15. The second kappa shape index (κ2) is 9.64. The average Bonchev–Trinajstić information content (AvgIpc) is 2.23. The van der Waals surface area contributed by atoms with Crippen LogP contribution in [0.2, 0.25) is 0 Å². The number of likely N-dealkylation sites (N-methyl/N-ethyl adjacent to an activating group) is 1. The van der Waals surface area contributed by atoms with E-state index in [2.05, 4.69) is 24.1 Å². The molecule has 0 spiro atoms. The zero-order chi connectivity index (χ0) is 11.5. The lowest BCUT2D eigenvalue weighted by atomic mass is 10.3. The molecule has 5 heteroatoms. The van der Waals surface area contributed by atoms with Crippen LogP contribution in [0, 0.1) is 0 Å². The largest absolute Gasteiger partial charge is 0.378 e. The normalized spacial score (nSPS) is 11.5. The van der Waals surface area contributed by atoms with Gasteiger partial charge in [-0.3, -0.25) is 5.01 Å². The highest BCUT2D eigenvalue weighted by molar-refractivity contribution is 5.23. The highest BCUT2D eigenvalue weighted by atomic mass is 16.5. The van der Waals surface area contributed by atoms with Crippen LogP contribution in [-0.2, 0) is 4.74 Å². The van der Waals surface area contributed by atoms with Gasteiger partial charge >= 0.3 is 0 Å². The van der Waals surface area contributed by atoms with Gasteiger partial charge in [0.15, 0.2) is 0 Å². The summed E-state index contributed by atoms with van der Waals surface area (Å²) in [6, 6.07) is 0. The van der Waals surface area contributed by atoms with E-state index in [1.165, 1.54) is 5.57 Å². The average molecular weight is 215 g/mol. The van der Waals surface area contributed by atoms with E-state index in [0.29, 0.717) is 26.3 Å². The molecule has 0 aromatic heterocycles. The fourth-order valence-corrected chi connectivity index (χ4v) is 1.15. The van der Waals surface area contributed by atoms with Crippen molar-refractivity contribution < 1.29 is 10.1 Å². The third kappa shape index (κ3) is 8.11. The van der Waals surface area contributed by atoms with Crippen molar-refractivity contribution in [3.05, 3.63) is 11.8 Å². The Hall–Kier alpha value is -0.910. The molecule has 5 nitrogen and oxygen atoms in total. The van der Waals surface area contributed by atoms with Crippen molar-refractivity contribution in [2.45, 2.75) is 6.92 Å². The van der Waals surface area contributed by atoms with Gasteiger partial charge in [-0.1, -0.05) is 0 Å². The predicted octanol–water partition coefficient (Wildman–Crippen LogP) is -1.02. The second-order valence-electron chi connectivity index (χ2n) is 3.29. The summed E-state index contributed by atoms with van der Waals surface area (Å²) >= 11 is 0. The second-order valence-corrected chi connectivity index (χ2v) is 3.29. The van der Waals surface area contributed by atoms with Crippen LogP contribution in [0.25, 0.3) is 0 Å². The van der Waals surface area contributed by atoms with Gasteiger partial charge in [-0.25, -0.2) is 0 Å². The van der Waals surface area contributed by atoms with Gasteiger partial charge in [-0.15, -0.1) is 0 Å². The van der Waals surface area contributed by atoms with Crippen LogP contribution in [0.5, 0.6) is 0 Å². The summed E-state index contributed by atoms with van der Waals surface area (Å²) in [6.07, 6.45) is 1.98. The van der Waals surface area contributed by atoms with Crippen LogP contribution in [0.15, 0.2) is 16.9 Å². The van der Waals surface area contributed by atoms with E-state index in [1.807, 2.05) is 13.2 Å². The van der Waals surface area contributed by atoms with Gasteiger partial charge in [-0.2, -0.15) is 5.10 Å². The molecular formula is C10H23N4O+. The summed E-state index contributed by atoms with van der Waals surface area (Å²) in [5.74, 6) is 0. The molecule has 0 saturated heterocycles. The van der Waals surface area contributed by atoms with E-state index in [-0.39, 0.29) is 0 Å². The summed E-state index contributed by atoms with van der Waals surface area (Å²) < 4.78 is 5.27. The third-order valence-electron chi connectivity index (χ3n) is 1.80. The van der Waals surface area contributed by atoms with Crippen molar-refractivity contribution in [3.63, 3.8) is 0 Å². The Morgan fingerprint density at radius 3 is 2.87 bits per heavy atom. The Morgan fingerprint density at radius 1 is 1.60 bits per heavy atom. The molecule has 0 rings (SSSR count). The lowest BCUT2D eigenvalue weighted by Gasteiger charge is -2.14. The molecule has 0 unspecified atom stereocenters. The van der Waals surface area contributed by atoms with E-state index in [4.69, 9.17) is 10.5 Å². The first-order valence-electron chi connectivity index (χ1n) is 5.20. The highest BCUT2D eigenvalue weighted by Crippen LogP contribution is 1.95. The van der Waals surface area contributed by atoms with Crippen molar-refractivity contribution in [1.29, 1.82) is 0 Å². The van der Waals surface area contributed by atoms with Gasteiger partial charge < -0.3 is 15.8 Å². The lowest BCUT2D eigenvalue weighted by molar-refractivity contribution is -0.619. The Balaban J connectivity index is 3.81. The minimum absolute atomic E-state index is 0.557. The first-order valence-corrected chi connectivity index (χ1v) is 5.20. The number of hydrogen-bond donors (Lipinski definition) is 2. The molecule has 0 saturated carbocycles. The quantitative estimate of drug-likeness (QED) is 0.294. The predicted molar refractivity (Wildman–Crippen MR) is 62.6 cm³/mol. The van der Waals surface area contributed by atoms with Crippen LogP contribution in [0.1, 0.15) is 6.92 Å². The number of nitrogens with two attached hydrogens (primary N) is 2. The van der Waals surface area contributed by atoms with Crippen molar-refractivity contribution in [2.24, 2.45) is 10.8 Å². The van der Waals surface area contributed by atoms with E-state index < -0.39 is 0 Å². The van der Waals surface area contributed by atoms with Crippen molar-refractivity contribution in [2.75, 3.05) is 39.9 Å². The van der Waals surface area contributed by atoms with Gasteiger partial charge in [0.2, 0.25) is 0 Å². The van der Waals surface area contributed by atoms with E-state index in [9.17, 15) is 0 Å². The molecule has 0 aliphatic carbocycles. The zero-order valence-corrected chi connectivity index (χ0v) is 9.78. The standard InChI is InChI=1S/C10H22N4O/c1-10(8-12-2)9-14(13-3)5-7-15-6-4-11/h9,12H,3-8,11H2,1-2H3/p+1/b10-9+. The fraction of sp³-hybridized carbons (Fsp3) is 0.700. The van der Waals surface area contributed by atoms with Gasteiger partial charge in [0.25, 0.3) is 0 Å². The summed E-state index contributed by atoms with van der Waals surface area (Å²) in [4.78, 5) is 0. The topological polar surface area (TPSA) is 67.5 Å². The van der Waals surface area contributed by atoms with Gasteiger partial charge in [0.1, 0.15) is 0 Å². The summed E-state index contributed by atoms with van der Waals surface area (Å²) in [6.45, 7) is 9.03. The monoisotopic (exact) mass is 215 g/mol. The molecule has 0 amide bonds. The number of hydrogen-bond acceptors (Lipinski definition) is 4. The molecular weight excluding hydrogens is 192 g/mol. The highest BCUT2D eigenvalue weighted by Gasteiger charge is 1.98. The minimum Gasteiger partial charge on any atom is -0.378 e. The molecule has 0 aromatic rings. The number of hydrazone groups is 1. The first-order chi connectivity index (χ1) is 7.24. The molecule has 0 radical (unpaired) electrons. The molecule has 0 atom stereocenters. The van der Waals surface area contributed by atoms with Crippen molar-refractivity contribution in [3.8, 4) is 0 Å². The van der Waals surface area contributed by atoms with E-state index in [1.54, 1.807) is 5.01 Å². The maximum absolute atomic E-state index is 5.31. The van der Waals surface area contributed by atoms with Gasteiger partial charge in [0.05, 0.1) is 33.4 Å². The summed E-state index contributed by atoms with van der Waals surface area (Å²) in [5, 5.41) is 7.79. The minimum atomic E-state index is 0.557. The number of ether oxygens (including phenoxy) is 1. The van der Waals surface area contributed by atoms with Crippen LogP contribution >= 0.6 is 0 Å². The smallest absolute Gasteiger partial charge is 0.0985 e. The van der Waals surface area contributed by atoms with Crippen LogP contribution in [-0.4, -0.2) is 51.6 Å². The van der Waals surface area contributed by atoms with Crippen LogP contribution in [0.4, 0.5) is 0 Å². The van der Waals surface area contributed by atoms with Gasteiger partial charge in [-0.05, 0) is 12.5 Å². The zero-order valence-electron chi connectivity index (χ0n) is 9.78. The molecule has 0 aromatic carbocycles. The number of rotatable bonds is 9. The van der Waals surface area contributed by atoms with Gasteiger partial charge in [0, 0.05) is 19.5 Å². The molecule has 88 valence electrons. The Kier molecular flexibility index (Phi) is 9.05.